The molecule has 0 saturated heterocycles. The fourth-order valence-electron chi connectivity index (χ4n) is 1.89. The molecule has 110 valence electrons. The molecular formula is C16H35NO. The van der Waals surface area contributed by atoms with Crippen molar-refractivity contribution in [1.82, 2.24) is 5.32 Å². The Morgan fingerprint density at radius 1 is 0.944 bits per heavy atom. The van der Waals surface area contributed by atoms with E-state index in [1.54, 1.807) is 0 Å². The Morgan fingerprint density at radius 2 is 1.50 bits per heavy atom. The lowest BCUT2D eigenvalue weighted by Crippen LogP contribution is -2.35. The van der Waals surface area contributed by atoms with Gasteiger partial charge in [0.15, 0.2) is 0 Å². The molecule has 2 nitrogen and oxygen atoms in total. The Morgan fingerprint density at radius 3 is 1.89 bits per heavy atom. The summed E-state index contributed by atoms with van der Waals surface area (Å²) in [5.74, 6) is 1.38. The first-order valence-electron chi connectivity index (χ1n) is 7.37. The highest BCUT2D eigenvalue weighted by molar-refractivity contribution is 4.76. The SMILES string of the molecule is CC(C)CNCC(CCOC(C)(C)C)C(C)(C)C. The van der Waals surface area contributed by atoms with Gasteiger partial charge in [-0.15, -0.1) is 0 Å². The maximum Gasteiger partial charge on any atom is 0.0598 e. The minimum atomic E-state index is -0.0200. The lowest BCUT2D eigenvalue weighted by atomic mass is 9.79. The molecule has 0 fully saturated rings. The van der Waals surface area contributed by atoms with Crippen molar-refractivity contribution in [1.29, 1.82) is 0 Å². The molecule has 1 unspecified atom stereocenters. The summed E-state index contributed by atoms with van der Waals surface area (Å²) in [5, 5.41) is 3.58. The molecule has 2 heteroatoms. The number of hydrogen-bond acceptors (Lipinski definition) is 2. The molecule has 0 aromatic heterocycles. The lowest BCUT2D eigenvalue weighted by molar-refractivity contribution is -0.0155. The fourth-order valence-corrected chi connectivity index (χ4v) is 1.89. The van der Waals surface area contributed by atoms with Crippen LogP contribution in [0, 0.1) is 17.3 Å². The second kappa shape index (κ2) is 7.49. The highest BCUT2D eigenvalue weighted by Gasteiger charge is 2.24. The van der Waals surface area contributed by atoms with E-state index in [-0.39, 0.29) is 5.60 Å². The van der Waals surface area contributed by atoms with Crippen LogP contribution in [0.25, 0.3) is 0 Å². The van der Waals surface area contributed by atoms with E-state index in [0.717, 1.165) is 32.0 Å². The lowest BCUT2D eigenvalue weighted by Gasteiger charge is -2.32. The molecule has 0 aliphatic carbocycles. The molecule has 0 amide bonds. The van der Waals surface area contributed by atoms with Gasteiger partial charge in [-0.25, -0.2) is 0 Å². The molecule has 0 heterocycles. The van der Waals surface area contributed by atoms with E-state index in [0.29, 0.717) is 11.3 Å². The van der Waals surface area contributed by atoms with E-state index in [4.69, 9.17) is 4.74 Å². The second-order valence-corrected chi connectivity index (χ2v) is 7.86. The monoisotopic (exact) mass is 257 g/mol. The van der Waals surface area contributed by atoms with Crippen LogP contribution in [0.4, 0.5) is 0 Å². The van der Waals surface area contributed by atoms with Gasteiger partial charge in [-0.05, 0) is 57.5 Å². The fraction of sp³-hybridized carbons (Fsp3) is 1.00. The topological polar surface area (TPSA) is 21.3 Å². The second-order valence-electron chi connectivity index (χ2n) is 7.86. The zero-order valence-electron chi connectivity index (χ0n) is 13.9. The Balaban J connectivity index is 4.09. The van der Waals surface area contributed by atoms with Gasteiger partial charge in [0, 0.05) is 6.61 Å². The molecule has 18 heavy (non-hydrogen) atoms. The van der Waals surface area contributed by atoms with Crippen LogP contribution in [0.2, 0.25) is 0 Å². The summed E-state index contributed by atoms with van der Waals surface area (Å²) in [6.07, 6.45) is 1.13. The Kier molecular flexibility index (Phi) is 7.46. The van der Waals surface area contributed by atoms with Crippen LogP contribution in [0.1, 0.15) is 61.8 Å². The van der Waals surface area contributed by atoms with Crippen molar-refractivity contribution in [2.75, 3.05) is 19.7 Å². The van der Waals surface area contributed by atoms with Crippen molar-refractivity contribution in [3.8, 4) is 0 Å². The summed E-state index contributed by atoms with van der Waals surface area (Å²) >= 11 is 0. The van der Waals surface area contributed by atoms with E-state index in [1.807, 2.05) is 0 Å². The molecular weight excluding hydrogens is 222 g/mol. The molecule has 0 bridgehead atoms. The molecule has 0 rings (SSSR count). The van der Waals surface area contributed by atoms with Gasteiger partial charge in [0.2, 0.25) is 0 Å². The van der Waals surface area contributed by atoms with Crippen molar-refractivity contribution in [3.05, 3.63) is 0 Å². The first-order chi connectivity index (χ1) is 8.02. The first-order valence-corrected chi connectivity index (χ1v) is 7.37. The summed E-state index contributed by atoms with van der Waals surface area (Å²) in [7, 11) is 0. The summed E-state index contributed by atoms with van der Waals surface area (Å²) in [6, 6.07) is 0. The average molecular weight is 257 g/mol. The standard InChI is InChI=1S/C16H35NO/c1-13(2)11-17-12-14(15(3,4)5)9-10-18-16(6,7)8/h13-14,17H,9-12H2,1-8H3. The normalized spacial score (nSPS) is 15.2. The predicted molar refractivity (Wildman–Crippen MR) is 81.0 cm³/mol. The van der Waals surface area contributed by atoms with E-state index in [9.17, 15) is 0 Å². The van der Waals surface area contributed by atoms with Crippen molar-refractivity contribution in [3.63, 3.8) is 0 Å². The molecule has 0 aliphatic heterocycles. The van der Waals surface area contributed by atoms with Crippen molar-refractivity contribution >= 4 is 0 Å². The van der Waals surface area contributed by atoms with Crippen molar-refractivity contribution in [2.45, 2.75) is 67.4 Å². The van der Waals surface area contributed by atoms with Crippen LogP contribution < -0.4 is 5.32 Å². The van der Waals surface area contributed by atoms with Gasteiger partial charge in [-0.1, -0.05) is 34.6 Å². The van der Waals surface area contributed by atoms with Crippen LogP contribution in [-0.2, 0) is 4.74 Å². The van der Waals surface area contributed by atoms with E-state index >= 15 is 0 Å². The quantitative estimate of drug-likeness (QED) is 0.741. The summed E-state index contributed by atoms with van der Waals surface area (Å²) in [5.41, 5.74) is 0.318. The van der Waals surface area contributed by atoms with Crippen molar-refractivity contribution in [2.24, 2.45) is 17.3 Å². The minimum absolute atomic E-state index is 0.0200. The molecule has 1 atom stereocenters. The van der Waals surface area contributed by atoms with E-state index in [2.05, 4.69) is 60.7 Å². The predicted octanol–water partition coefficient (Wildman–Crippen LogP) is 4.10. The van der Waals surface area contributed by atoms with Gasteiger partial charge in [-0.3, -0.25) is 0 Å². The van der Waals surface area contributed by atoms with Crippen molar-refractivity contribution < 1.29 is 4.74 Å². The number of hydrogen-bond donors (Lipinski definition) is 1. The summed E-state index contributed by atoms with van der Waals surface area (Å²) < 4.78 is 5.85. The van der Waals surface area contributed by atoms with Gasteiger partial charge in [-0.2, -0.15) is 0 Å². The van der Waals surface area contributed by atoms with Crippen LogP contribution in [-0.4, -0.2) is 25.3 Å². The van der Waals surface area contributed by atoms with Gasteiger partial charge >= 0.3 is 0 Å². The van der Waals surface area contributed by atoms with Gasteiger partial charge in [0.05, 0.1) is 5.60 Å². The van der Waals surface area contributed by atoms with Crippen LogP contribution in [0.5, 0.6) is 0 Å². The zero-order valence-corrected chi connectivity index (χ0v) is 13.9. The maximum absolute atomic E-state index is 5.85. The zero-order chi connectivity index (χ0) is 14.4. The maximum atomic E-state index is 5.85. The molecule has 0 aromatic rings. The molecule has 0 aromatic carbocycles. The van der Waals surface area contributed by atoms with Crippen LogP contribution in [0.15, 0.2) is 0 Å². The largest absolute Gasteiger partial charge is 0.376 e. The van der Waals surface area contributed by atoms with Crippen LogP contribution in [0.3, 0.4) is 0 Å². The molecule has 1 N–H and O–H groups in total. The highest BCUT2D eigenvalue weighted by atomic mass is 16.5. The molecule has 0 saturated carbocycles. The third-order valence-corrected chi connectivity index (χ3v) is 3.17. The molecule has 0 spiro atoms. The molecule has 0 radical (unpaired) electrons. The minimum Gasteiger partial charge on any atom is -0.376 e. The smallest absolute Gasteiger partial charge is 0.0598 e. The van der Waals surface area contributed by atoms with Gasteiger partial charge in [0.25, 0.3) is 0 Å². The summed E-state index contributed by atoms with van der Waals surface area (Å²) in [6.45, 7) is 20.9. The highest BCUT2D eigenvalue weighted by Crippen LogP contribution is 2.28. The Bertz CT molecular complexity index is 210. The van der Waals surface area contributed by atoms with Gasteiger partial charge < -0.3 is 10.1 Å². The number of nitrogens with one attached hydrogen (secondary N) is 1. The van der Waals surface area contributed by atoms with Gasteiger partial charge in [0.1, 0.15) is 0 Å². The average Bonchev–Trinajstić information content (AvgIpc) is 2.11. The van der Waals surface area contributed by atoms with E-state index in [1.165, 1.54) is 0 Å². The Labute approximate surface area is 115 Å². The first kappa shape index (κ1) is 17.9. The third kappa shape index (κ3) is 9.90. The third-order valence-electron chi connectivity index (χ3n) is 3.17. The number of rotatable bonds is 7. The van der Waals surface area contributed by atoms with E-state index < -0.39 is 0 Å². The van der Waals surface area contributed by atoms with Crippen LogP contribution >= 0.6 is 0 Å². The molecule has 0 aliphatic rings. The number of ether oxygens (including phenoxy) is 1. The Hall–Kier alpha value is -0.0800. The summed E-state index contributed by atoms with van der Waals surface area (Å²) in [4.78, 5) is 0.